The third-order valence-electron chi connectivity index (χ3n) is 5.62. The predicted molar refractivity (Wildman–Crippen MR) is 151 cm³/mol. The molecule has 190 valence electrons. The lowest BCUT2D eigenvalue weighted by Gasteiger charge is -2.09. The van der Waals surface area contributed by atoms with Gasteiger partial charge in [-0.2, -0.15) is 0 Å². The zero-order valence-electron chi connectivity index (χ0n) is 19.6. The van der Waals surface area contributed by atoms with Gasteiger partial charge in [0.25, 0.3) is 0 Å². The monoisotopic (exact) mass is 597 g/mol. The Balaban J connectivity index is 1.22. The van der Waals surface area contributed by atoms with Gasteiger partial charge in [0.15, 0.2) is 4.96 Å². The second kappa shape index (κ2) is 11.0. The fraction of sp³-hybridized carbons (Fsp3) is 0.160. The predicted octanol–water partition coefficient (Wildman–Crippen LogP) is 5.04. The fourth-order valence-electron chi connectivity index (χ4n) is 3.85. The van der Waals surface area contributed by atoms with Crippen LogP contribution in [-0.2, 0) is 10.0 Å². The molecule has 0 saturated heterocycles. The van der Waals surface area contributed by atoms with E-state index in [1.165, 1.54) is 0 Å². The van der Waals surface area contributed by atoms with Crippen LogP contribution in [0.1, 0.15) is 12.8 Å². The van der Waals surface area contributed by atoms with Crippen molar-refractivity contribution in [3.63, 3.8) is 0 Å². The van der Waals surface area contributed by atoms with Crippen LogP contribution < -0.4 is 15.8 Å². The van der Waals surface area contributed by atoms with Crippen molar-refractivity contribution in [1.82, 2.24) is 24.1 Å². The Morgan fingerprint density at radius 2 is 1.84 bits per heavy atom. The van der Waals surface area contributed by atoms with Crippen LogP contribution in [0.2, 0.25) is 0 Å². The first-order valence-electron chi connectivity index (χ1n) is 11.5. The summed E-state index contributed by atoms with van der Waals surface area (Å²) in [5.41, 5.74) is 10.0. The van der Waals surface area contributed by atoms with Crippen molar-refractivity contribution in [3.8, 4) is 22.6 Å². The topological polar surface area (TPSA) is 127 Å². The summed E-state index contributed by atoms with van der Waals surface area (Å²) in [4.78, 5) is 15.0. The summed E-state index contributed by atoms with van der Waals surface area (Å²) in [6, 6.07) is 16.1. The highest BCUT2D eigenvalue weighted by atomic mass is 79.9. The number of nitrogen functional groups attached to an aromatic ring is 1. The maximum Gasteiger partial charge on any atom is 0.240 e. The van der Waals surface area contributed by atoms with E-state index < -0.39 is 10.0 Å². The Hall–Kier alpha value is -3.32. The van der Waals surface area contributed by atoms with Gasteiger partial charge < -0.3 is 11.1 Å². The van der Waals surface area contributed by atoms with E-state index in [2.05, 4.69) is 31.0 Å². The van der Waals surface area contributed by atoms with Crippen LogP contribution in [0.5, 0.6) is 0 Å². The molecule has 4 N–H and O–H groups in total. The normalized spacial score (nSPS) is 11.7. The first kappa shape index (κ1) is 25.3. The molecular formula is C25H24BrN7O2S2. The zero-order valence-corrected chi connectivity index (χ0v) is 22.9. The summed E-state index contributed by atoms with van der Waals surface area (Å²) >= 11 is 4.87. The second-order valence-electron chi connectivity index (χ2n) is 8.24. The number of unbranched alkanes of at least 4 members (excludes halogenated alkanes) is 1. The molecule has 9 nitrogen and oxygen atoms in total. The third kappa shape index (κ3) is 5.82. The molecule has 0 aliphatic rings. The molecule has 37 heavy (non-hydrogen) atoms. The van der Waals surface area contributed by atoms with Gasteiger partial charge in [-0.05, 0) is 55.3 Å². The van der Waals surface area contributed by atoms with Crippen LogP contribution in [0, 0.1) is 0 Å². The highest BCUT2D eigenvalue weighted by molar-refractivity contribution is 9.10. The van der Waals surface area contributed by atoms with Crippen LogP contribution in [-0.4, -0.2) is 40.9 Å². The number of fused-ring (bicyclic) bond motifs is 1. The zero-order chi connectivity index (χ0) is 25.8. The Morgan fingerprint density at radius 3 is 2.65 bits per heavy atom. The van der Waals surface area contributed by atoms with Crippen molar-refractivity contribution in [1.29, 1.82) is 0 Å². The minimum absolute atomic E-state index is 0.246. The molecule has 3 aromatic heterocycles. The van der Waals surface area contributed by atoms with Gasteiger partial charge in [-0.3, -0.25) is 4.40 Å². The van der Waals surface area contributed by atoms with Gasteiger partial charge >= 0.3 is 0 Å². The molecule has 0 amide bonds. The average Bonchev–Trinajstić information content (AvgIpc) is 3.48. The largest absolute Gasteiger partial charge is 0.399 e. The fourth-order valence-corrected chi connectivity index (χ4v) is 5.90. The molecule has 0 fully saturated rings. The summed E-state index contributed by atoms with van der Waals surface area (Å²) in [5.74, 6) is 0.497. The maximum atomic E-state index is 12.4. The summed E-state index contributed by atoms with van der Waals surface area (Å²) in [7, 11) is -3.52. The van der Waals surface area contributed by atoms with Crippen LogP contribution in [0.25, 0.3) is 27.6 Å². The Bertz CT molecular complexity index is 1630. The van der Waals surface area contributed by atoms with Crippen molar-refractivity contribution < 1.29 is 8.42 Å². The smallest absolute Gasteiger partial charge is 0.240 e. The van der Waals surface area contributed by atoms with Gasteiger partial charge in [0.05, 0.1) is 16.3 Å². The molecule has 3 heterocycles. The number of hydrogen-bond acceptors (Lipinski definition) is 8. The van der Waals surface area contributed by atoms with E-state index in [9.17, 15) is 8.42 Å². The number of benzene rings is 2. The SMILES string of the molecule is Nc1cccc(-c2nc3sccn3c2-c2ccnc(NCCCCNS(=O)(=O)c3ccc(Br)cc3)n2)c1. The van der Waals surface area contributed by atoms with E-state index in [1.54, 1.807) is 41.8 Å². The van der Waals surface area contributed by atoms with E-state index in [0.29, 0.717) is 31.1 Å². The van der Waals surface area contributed by atoms with Gasteiger partial charge in [-0.25, -0.2) is 28.1 Å². The molecule has 5 aromatic rings. The van der Waals surface area contributed by atoms with E-state index in [1.807, 2.05) is 46.3 Å². The van der Waals surface area contributed by atoms with Gasteiger partial charge in [0.1, 0.15) is 5.69 Å². The molecule has 0 aliphatic carbocycles. The molecular weight excluding hydrogens is 574 g/mol. The number of nitrogens with two attached hydrogens (primary N) is 1. The lowest BCUT2D eigenvalue weighted by Crippen LogP contribution is -2.25. The van der Waals surface area contributed by atoms with E-state index in [0.717, 1.165) is 38.5 Å². The number of anilines is 2. The van der Waals surface area contributed by atoms with Gasteiger partial charge in [-0.1, -0.05) is 28.1 Å². The van der Waals surface area contributed by atoms with E-state index in [-0.39, 0.29) is 4.90 Å². The first-order chi connectivity index (χ1) is 17.9. The lowest BCUT2D eigenvalue weighted by atomic mass is 10.1. The average molecular weight is 599 g/mol. The molecule has 0 atom stereocenters. The standard InChI is InChI=1S/C25H24BrN7O2S2/c26-18-6-8-20(9-7-18)37(34,35)30-12-2-1-11-28-24-29-13-10-21(31-24)23-22(17-4-3-5-19(27)16-17)32-25-33(23)14-15-36-25/h3-10,13-16,30H,1-2,11-12,27H2,(H,28,29,31). The van der Waals surface area contributed by atoms with Crippen molar-refractivity contribution in [2.45, 2.75) is 17.7 Å². The Morgan fingerprint density at radius 1 is 1.03 bits per heavy atom. The summed E-state index contributed by atoms with van der Waals surface area (Å²) in [5, 5.41) is 5.23. The van der Waals surface area contributed by atoms with E-state index in [4.69, 9.17) is 15.7 Å². The molecule has 0 unspecified atom stereocenters. The highest BCUT2D eigenvalue weighted by Crippen LogP contribution is 2.34. The van der Waals surface area contributed by atoms with Gasteiger partial charge in [0.2, 0.25) is 16.0 Å². The number of hydrogen-bond donors (Lipinski definition) is 3. The maximum absolute atomic E-state index is 12.4. The number of nitrogens with one attached hydrogen (secondary N) is 2. The quantitative estimate of drug-likeness (QED) is 0.152. The van der Waals surface area contributed by atoms with Crippen molar-refractivity contribution >= 4 is 53.9 Å². The Kier molecular flexibility index (Phi) is 7.51. The molecule has 0 spiro atoms. The van der Waals surface area contributed by atoms with E-state index >= 15 is 0 Å². The molecule has 0 aliphatic heterocycles. The Labute approximate surface area is 227 Å². The second-order valence-corrected chi connectivity index (χ2v) is 11.8. The van der Waals surface area contributed by atoms with Gasteiger partial charge in [-0.15, -0.1) is 11.3 Å². The summed E-state index contributed by atoms with van der Waals surface area (Å²) in [6.07, 6.45) is 5.10. The van der Waals surface area contributed by atoms with Crippen molar-refractivity contribution in [3.05, 3.63) is 76.8 Å². The van der Waals surface area contributed by atoms with Crippen molar-refractivity contribution in [2.75, 3.05) is 24.1 Å². The molecule has 5 rings (SSSR count). The van der Waals surface area contributed by atoms with Crippen molar-refractivity contribution in [2.24, 2.45) is 0 Å². The molecule has 2 aromatic carbocycles. The number of sulfonamides is 1. The van der Waals surface area contributed by atoms with Gasteiger partial charge in [0, 0.05) is 46.6 Å². The number of thiazole rings is 1. The number of aromatic nitrogens is 4. The third-order valence-corrected chi connectivity index (χ3v) is 8.39. The molecule has 12 heteroatoms. The molecule has 0 bridgehead atoms. The number of nitrogens with zero attached hydrogens (tertiary/aromatic N) is 4. The summed E-state index contributed by atoms with van der Waals surface area (Å²) < 4.78 is 30.3. The minimum Gasteiger partial charge on any atom is -0.399 e. The van der Waals surface area contributed by atoms with Crippen LogP contribution in [0.15, 0.2) is 81.7 Å². The first-order valence-corrected chi connectivity index (χ1v) is 14.7. The highest BCUT2D eigenvalue weighted by Gasteiger charge is 2.18. The summed E-state index contributed by atoms with van der Waals surface area (Å²) in [6.45, 7) is 0.947. The number of imidazole rings is 1. The molecule has 0 radical (unpaired) electrons. The van der Waals surface area contributed by atoms with Crippen LogP contribution in [0.3, 0.4) is 0 Å². The number of rotatable bonds is 10. The van der Waals surface area contributed by atoms with Crippen LogP contribution in [0.4, 0.5) is 11.6 Å². The number of halogens is 1. The molecule has 0 saturated carbocycles. The minimum atomic E-state index is -3.52. The lowest BCUT2D eigenvalue weighted by molar-refractivity contribution is 0.577. The van der Waals surface area contributed by atoms with Crippen LogP contribution >= 0.6 is 27.3 Å².